The number of aromatic nitrogens is 3. The Morgan fingerprint density at radius 3 is 2.50 bits per heavy atom. The van der Waals surface area contributed by atoms with Gasteiger partial charge in [-0.15, -0.1) is 5.10 Å². The molecule has 0 aliphatic rings. The van der Waals surface area contributed by atoms with Crippen LogP contribution in [-0.4, -0.2) is 33.0 Å². The molecule has 0 bridgehead atoms. The number of carbonyl (C=O) groups is 2. The highest BCUT2D eigenvalue weighted by molar-refractivity contribution is 5.93. The molecule has 134 valence electrons. The van der Waals surface area contributed by atoms with E-state index in [2.05, 4.69) is 15.6 Å². The topological polar surface area (TPSA) is 86.1 Å². The lowest BCUT2D eigenvalue weighted by Gasteiger charge is -2.20. The van der Waals surface area contributed by atoms with Crippen LogP contribution < -0.4 is 5.32 Å². The van der Waals surface area contributed by atoms with Crippen LogP contribution in [0.15, 0.2) is 54.6 Å². The fraction of sp³-hybridized carbons (Fsp3) is 0.263. The average molecular weight is 352 g/mol. The summed E-state index contributed by atoms with van der Waals surface area (Å²) in [5, 5.41) is 10.5. The van der Waals surface area contributed by atoms with E-state index in [0.29, 0.717) is 11.0 Å². The molecule has 0 aliphatic heterocycles. The van der Waals surface area contributed by atoms with Crippen LogP contribution in [0, 0.1) is 5.92 Å². The van der Waals surface area contributed by atoms with Crippen LogP contribution in [0.5, 0.6) is 0 Å². The summed E-state index contributed by atoms with van der Waals surface area (Å²) in [6.07, 6.45) is -0.648. The largest absolute Gasteiger partial charge is 0.445 e. The van der Waals surface area contributed by atoms with Gasteiger partial charge in [-0.2, -0.15) is 4.68 Å². The summed E-state index contributed by atoms with van der Waals surface area (Å²) in [4.78, 5) is 25.0. The Balaban J connectivity index is 1.70. The van der Waals surface area contributed by atoms with E-state index in [4.69, 9.17) is 4.74 Å². The molecule has 0 radical (unpaired) electrons. The molecule has 1 N–H and O–H groups in total. The van der Waals surface area contributed by atoms with Crippen LogP contribution >= 0.6 is 0 Å². The number of nitrogens with one attached hydrogen (secondary N) is 1. The summed E-state index contributed by atoms with van der Waals surface area (Å²) < 4.78 is 6.44. The minimum atomic E-state index is -0.775. The molecule has 7 heteroatoms. The van der Waals surface area contributed by atoms with Gasteiger partial charge in [-0.3, -0.25) is 4.79 Å². The van der Waals surface area contributed by atoms with E-state index in [-0.39, 0.29) is 18.4 Å². The van der Waals surface area contributed by atoms with Gasteiger partial charge >= 0.3 is 6.09 Å². The summed E-state index contributed by atoms with van der Waals surface area (Å²) in [6, 6.07) is 15.7. The van der Waals surface area contributed by atoms with E-state index in [1.807, 2.05) is 50.2 Å². The molecular formula is C19H20N4O3. The molecule has 1 amide bonds. The maximum Gasteiger partial charge on any atom is 0.408 e. The molecule has 0 fully saturated rings. The van der Waals surface area contributed by atoms with Crippen molar-refractivity contribution < 1.29 is 14.3 Å². The number of hydrogen-bond acceptors (Lipinski definition) is 5. The summed E-state index contributed by atoms with van der Waals surface area (Å²) >= 11 is 0. The van der Waals surface area contributed by atoms with E-state index in [1.54, 1.807) is 18.2 Å². The average Bonchev–Trinajstić information content (AvgIpc) is 3.08. The van der Waals surface area contributed by atoms with E-state index < -0.39 is 12.1 Å². The van der Waals surface area contributed by atoms with E-state index >= 15 is 0 Å². The van der Waals surface area contributed by atoms with Crippen molar-refractivity contribution in [3.8, 4) is 0 Å². The number of amides is 1. The zero-order chi connectivity index (χ0) is 18.5. The van der Waals surface area contributed by atoms with Crippen LogP contribution in [0.3, 0.4) is 0 Å². The van der Waals surface area contributed by atoms with Gasteiger partial charge in [0.15, 0.2) is 0 Å². The lowest BCUT2D eigenvalue weighted by Crippen LogP contribution is -2.47. The van der Waals surface area contributed by atoms with Gasteiger partial charge in [0.1, 0.15) is 18.2 Å². The second-order valence-electron chi connectivity index (χ2n) is 6.26. The zero-order valence-corrected chi connectivity index (χ0v) is 14.6. The monoisotopic (exact) mass is 352 g/mol. The first-order chi connectivity index (χ1) is 12.6. The second-order valence-corrected chi connectivity index (χ2v) is 6.26. The first-order valence-electron chi connectivity index (χ1n) is 8.38. The highest BCUT2D eigenvalue weighted by atomic mass is 16.5. The van der Waals surface area contributed by atoms with Crippen molar-refractivity contribution in [3.63, 3.8) is 0 Å². The van der Waals surface area contributed by atoms with Crippen molar-refractivity contribution in [2.45, 2.75) is 26.5 Å². The Bertz CT molecular complexity index is 905. The van der Waals surface area contributed by atoms with Gasteiger partial charge in [-0.25, -0.2) is 4.79 Å². The molecule has 0 aliphatic carbocycles. The number of ether oxygens (including phenoxy) is 1. The van der Waals surface area contributed by atoms with Crippen LogP contribution in [0.1, 0.15) is 24.2 Å². The highest BCUT2D eigenvalue weighted by Gasteiger charge is 2.28. The molecule has 26 heavy (non-hydrogen) atoms. The van der Waals surface area contributed by atoms with Crippen LogP contribution in [0.4, 0.5) is 4.79 Å². The first-order valence-corrected chi connectivity index (χ1v) is 8.38. The summed E-state index contributed by atoms with van der Waals surface area (Å²) in [6.45, 7) is 3.83. The van der Waals surface area contributed by atoms with Gasteiger partial charge in [0, 0.05) is 0 Å². The smallest absolute Gasteiger partial charge is 0.408 e. The minimum absolute atomic E-state index is 0.137. The quantitative estimate of drug-likeness (QED) is 0.763. The Kier molecular flexibility index (Phi) is 5.26. The van der Waals surface area contributed by atoms with Crippen LogP contribution in [0.2, 0.25) is 0 Å². The maximum atomic E-state index is 12.9. The fourth-order valence-electron chi connectivity index (χ4n) is 2.57. The normalized spacial score (nSPS) is 12.1. The summed E-state index contributed by atoms with van der Waals surface area (Å²) in [5.74, 6) is -0.500. The second kappa shape index (κ2) is 7.77. The number of benzene rings is 2. The summed E-state index contributed by atoms with van der Waals surface area (Å²) in [7, 11) is 0. The maximum absolute atomic E-state index is 12.9. The number of rotatable bonds is 5. The molecular weight excluding hydrogens is 332 g/mol. The number of carbonyl (C=O) groups excluding carboxylic acids is 2. The Labute approximate surface area is 151 Å². The van der Waals surface area contributed by atoms with Crippen molar-refractivity contribution in [1.82, 2.24) is 20.3 Å². The lowest BCUT2D eigenvalue weighted by molar-refractivity contribution is 0.0792. The third kappa shape index (κ3) is 3.88. The molecule has 3 aromatic rings. The third-order valence-electron chi connectivity index (χ3n) is 3.98. The first kappa shape index (κ1) is 17.6. The number of nitrogens with zero attached hydrogens (tertiary/aromatic N) is 3. The predicted octanol–water partition coefficient (Wildman–Crippen LogP) is 3.02. The Hall–Kier alpha value is -3.22. The van der Waals surface area contributed by atoms with Crippen molar-refractivity contribution in [3.05, 3.63) is 60.2 Å². The molecule has 1 aromatic heterocycles. The highest BCUT2D eigenvalue weighted by Crippen LogP contribution is 2.13. The lowest BCUT2D eigenvalue weighted by atomic mass is 10.0. The fourth-order valence-corrected chi connectivity index (χ4v) is 2.57. The van der Waals surface area contributed by atoms with Crippen LogP contribution in [-0.2, 0) is 11.3 Å². The Morgan fingerprint density at radius 1 is 1.08 bits per heavy atom. The van der Waals surface area contributed by atoms with Gasteiger partial charge in [-0.05, 0) is 23.6 Å². The Morgan fingerprint density at radius 2 is 1.77 bits per heavy atom. The number of fused-ring (bicyclic) bond motifs is 1. The zero-order valence-electron chi connectivity index (χ0n) is 14.6. The molecule has 2 aromatic carbocycles. The van der Waals surface area contributed by atoms with Crippen molar-refractivity contribution in [2.75, 3.05) is 0 Å². The minimum Gasteiger partial charge on any atom is -0.445 e. The number of para-hydroxylation sites is 1. The molecule has 1 atom stereocenters. The molecule has 0 unspecified atom stereocenters. The molecule has 0 saturated heterocycles. The van der Waals surface area contributed by atoms with Gasteiger partial charge in [0.25, 0.3) is 5.91 Å². The molecule has 3 rings (SSSR count). The van der Waals surface area contributed by atoms with Gasteiger partial charge < -0.3 is 10.1 Å². The van der Waals surface area contributed by atoms with Crippen molar-refractivity contribution in [2.24, 2.45) is 5.92 Å². The summed E-state index contributed by atoms with van der Waals surface area (Å²) in [5.41, 5.74) is 2.09. The number of alkyl carbamates (subject to hydrolysis) is 1. The molecule has 0 spiro atoms. The molecule has 0 saturated carbocycles. The molecule has 1 heterocycles. The third-order valence-corrected chi connectivity index (χ3v) is 3.98. The standard InChI is InChI=1S/C19H20N4O3/c1-13(2)17(20-19(25)26-12-14-8-4-3-5-9-14)18(24)23-16-11-7-6-10-15(16)21-22-23/h3-11,13,17H,12H2,1-2H3,(H,20,25)/t17-/m0/s1. The van der Waals surface area contributed by atoms with Gasteiger partial charge in [0.2, 0.25) is 0 Å². The van der Waals surface area contributed by atoms with Crippen molar-refractivity contribution in [1.29, 1.82) is 0 Å². The van der Waals surface area contributed by atoms with Gasteiger partial charge in [0.05, 0.1) is 5.52 Å². The van der Waals surface area contributed by atoms with E-state index in [1.165, 1.54) is 4.68 Å². The van der Waals surface area contributed by atoms with Crippen molar-refractivity contribution >= 4 is 23.0 Å². The van der Waals surface area contributed by atoms with Crippen LogP contribution in [0.25, 0.3) is 11.0 Å². The van der Waals surface area contributed by atoms with E-state index in [0.717, 1.165) is 5.56 Å². The predicted molar refractivity (Wildman–Crippen MR) is 96.5 cm³/mol. The van der Waals surface area contributed by atoms with Gasteiger partial charge in [-0.1, -0.05) is 61.5 Å². The number of hydrogen-bond donors (Lipinski definition) is 1. The SMILES string of the molecule is CC(C)[C@H](NC(=O)OCc1ccccc1)C(=O)n1nnc2ccccc21. The molecule has 7 nitrogen and oxygen atoms in total. The van der Waals surface area contributed by atoms with E-state index in [9.17, 15) is 9.59 Å².